The molecule has 2 N–H and O–H groups in total. The van der Waals surface area contributed by atoms with Gasteiger partial charge in [0.15, 0.2) is 0 Å². The van der Waals surface area contributed by atoms with E-state index in [1.54, 1.807) is 6.07 Å². The lowest BCUT2D eigenvalue weighted by Gasteiger charge is -2.11. The highest BCUT2D eigenvalue weighted by molar-refractivity contribution is 6.04. The van der Waals surface area contributed by atoms with Crippen LogP contribution in [0.25, 0.3) is 0 Å². The van der Waals surface area contributed by atoms with E-state index in [2.05, 4.69) is 5.32 Å². The first kappa shape index (κ1) is 16.8. The number of hydrogen-bond acceptors (Lipinski definition) is 3. The Morgan fingerprint density at radius 1 is 1.22 bits per heavy atom. The molecule has 0 radical (unpaired) electrons. The van der Waals surface area contributed by atoms with Crippen LogP contribution in [0.3, 0.4) is 0 Å². The highest BCUT2D eigenvalue weighted by Gasteiger charge is 2.30. The van der Waals surface area contributed by atoms with Gasteiger partial charge in [0.1, 0.15) is 5.75 Å². The number of amides is 1. The summed E-state index contributed by atoms with van der Waals surface area (Å²) < 4.78 is 43.0. The lowest BCUT2D eigenvalue weighted by Crippen LogP contribution is -2.14. The Balaban J connectivity index is 2.22. The second kappa shape index (κ2) is 6.70. The summed E-state index contributed by atoms with van der Waals surface area (Å²) >= 11 is 0. The van der Waals surface area contributed by atoms with Gasteiger partial charge in [-0.05, 0) is 36.4 Å². The second-order valence-electron chi connectivity index (χ2n) is 4.72. The zero-order valence-electron chi connectivity index (χ0n) is 12.1. The minimum absolute atomic E-state index is 0.110. The summed E-state index contributed by atoms with van der Waals surface area (Å²) in [5.74, 6) is -0.227. The maximum Gasteiger partial charge on any atom is 0.416 e. The molecule has 0 unspecified atom stereocenters. The third-order valence-corrected chi connectivity index (χ3v) is 3.16. The smallest absolute Gasteiger partial charge is 0.416 e. The molecule has 4 nitrogen and oxygen atoms in total. The molecule has 0 aliphatic carbocycles. The molecule has 0 saturated heterocycles. The maximum atomic E-state index is 12.7. The normalized spacial score (nSPS) is 11.2. The van der Waals surface area contributed by atoms with Gasteiger partial charge in [-0.15, -0.1) is 0 Å². The third-order valence-electron chi connectivity index (χ3n) is 3.16. The third kappa shape index (κ3) is 4.01. The van der Waals surface area contributed by atoms with Crippen molar-refractivity contribution in [2.75, 3.05) is 12.4 Å². The van der Waals surface area contributed by atoms with Gasteiger partial charge in [-0.1, -0.05) is 6.07 Å². The van der Waals surface area contributed by atoms with Gasteiger partial charge in [0.05, 0.1) is 19.3 Å². The number of aliphatic hydroxyl groups excluding tert-OH is 1. The number of halogens is 3. The van der Waals surface area contributed by atoms with E-state index >= 15 is 0 Å². The fraction of sp³-hybridized carbons (Fsp3) is 0.188. The molecule has 0 aliphatic heterocycles. The zero-order valence-corrected chi connectivity index (χ0v) is 12.1. The van der Waals surface area contributed by atoms with Gasteiger partial charge in [0.25, 0.3) is 5.91 Å². The number of methoxy groups -OCH3 is 1. The molecule has 122 valence electrons. The second-order valence-corrected chi connectivity index (χ2v) is 4.72. The minimum atomic E-state index is -4.51. The molecule has 7 heteroatoms. The van der Waals surface area contributed by atoms with E-state index in [9.17, 15) is 23.1 Å². The molecule has 2 aromatic carbocycles. The molecule has 0 atom stereocenters. The van der Waals surface area contributed by atoms with Gasteiger partial charge in [0, 0.05) is 16.8 Å². The highest BCUT2D eigenvalue weighted by Crippen LogP contribution is 2.30. The quantitative estimate of drug-likeness (QED) is 0.905. The van der Waals surface area contributed by atoms with Gasteiger partial charge >= 0.3 is 6.18 Å². The molecule has 2 aromatic rings. The number of aliphatic hydroxyl groups is 1. The van der Waals surface area contributed by atoms with E-state index in [1.807, 2.05) is 0 Å². The zero-order chi connectivity index (χ0) is 17.0. The summed E-state index contributed by atoms with van der Waals surface area (Å²) in [4.78, 5) is 12.1. The van der Waals surface area contributed by atoms with Crippen molar-refractivity contribution in [1.82, 2.24) is 0 Å². The van der Waals surface area contributed by atoms with Gasteiger partial charge in [-0.2, -0.15) is 13.2 Å². The topological polar surface area (TPSA) is 58.6 Å². The van der Waals surface area contributed by atoms with Crippen LogP contribution in [0, 0.1) is 0 Å². The molecule has 0 saturated carbocycles. The number of carbonyl (C=O) groups is 1. The van der Waals surface area contributed by atoms with Crippen molar-refractivity contribution in [3.8, 4) is 5.75 Å². The average Bonchev–Trinajstić information content (AvgIpc) is 2.54. The SMILES string of the molecule is COc1ccc(NC(=O)c2cccc(C(F)(F)F)c2)cc1CO. The van der Waals surface area contributed by atoms with Crippen LogP contribution in [-0.2, 0) is 12.8 Å². The number of carbonyl (C=O) groups excluding carboxylic acids is 1. The van der Waals surface area contributed by atoms with E-state index in [0.29, 0.717) is 17.0 Å². The lowest BCUT2D eigenvalue weighted by molar-refractivity contribution is -0.137. The lowest BCUT2D eigenvalue weighted by atomic mass is 10.1. The largest absolute Gasteiger partial charge is 0.496 e. The Morgan fingerprint density at radius 3 is 2.57 bits per heavy atom. The Bertz CT molecular complexity index is 714. The van der Waals surface area contributed by atoms with E-state index < -0.39 is 17.6 Å². The number of anilines is 1. The molecule has 0 bridgehead atoms. The van der Waals surface area contributed by atoms with Gasteiger partial charge in [-0.25, -0.2) is 0 Å². The molecule has 0 spiro atoms. The van der Waals surface area contributed by atoms with Crippen molar-refractivity contribution in [3.63, 3.8) is 0 Å². The van der Waals surface area contributed by atoms with E-state index in [-0.39, 0.29) is 12.2 Å². The van der Waals surface area contributed by atoms with Gasteiger partial charge < -0.3 is 15.2 Å². The Hall–Kier alpha value is -2.54. The van der Waals surface area contributed by atoms with Gasteiger partial charge in [-0.3, -0.25) is 4.79 Å². The standard InChI is InChI=1S/C16H14F3NO3/c1-23-14-6-5-13(8-11(14)9-21)20-15(22)10-3-2-4-12(7-10)16(17,18)19/h2-8,21H,9H2,1H3,(H,20,22). The van der Waals surface area contributed by atoms with Crippen LogP contribution in [0.2, 0.25) is 0 Å². The van der Waals surface area contributed by atoms with Crippen LogP contribution >= 0.6 is 0 Å². The average molecular weight is 325 g/mol. The van der Waals surface area contributed by atoms with Crippen LogP contribution in [0.15, 0.2) is 42.5 Å². The first-order chi connectivity index (χ1) is 10.8. The van der Waals surface area contributed by atoms with Crippen LogP contribution in [0.5, 0.6) is 5.75 Å². The number of ether oxygens (including phenoxy) is 1. The number of hydrogen-bond donors (Lipinski definition) is 2. The molecule has 0 heterocycles. The van der Waals surface area contributed by atoms with E-state index in [4.69, 9.17) is 4.74 Å². The van der Waals surface area contributed by atoms with Crippen LogP contribution in [-0.4, -0.2) is 18.1 Å². The number of benzene rings is 2. The molecule has 0 fully saturated rings. The minimum Gasteiger partial charge on any atom is -0.496 e. The Kier molecular flexibility index (Phi) is 4.90. The molecule has 1 amide bonds. The van der Waals surface area contributed by atoms with Crippen molar-refractivity contribution in [2.24, 2.45) is 0 Å². The van der Waals surface area contributed by atoms with Crippen LogP contribution in [0.1, 0.15) is 21.5 Å². The van der Waals surface area contributed by atoms with Crippen molar-refractivity contribution in [3.05, 3.63) is 59.2 Å². The summed E-state index contributed by atoms with van der Waals surface area (Å²) in [5.41, 5.74) is -0.205. The number of rotatable bonds is 4. The van der Waals surface area contributed by atoms with E-state index in [0.717, 1.165) is 12.1 Å². The van der Waals surface area contributed by atoms with Crippen molar-refractivity contribution >= 4 is 11.6 Å². The Labute approximate surface area is 130 Å². The Morgan fingerprint density at radius 2 is 1.96 bits per heavy atom. The first-order valence-corrected chi connectivity index (χ1v) is 6.61. The fourth-order valence-corrected chi connectivity index (χ4v) is 2.02. The van der Waals surface area contributed by atoms with Crippen LogP contribution < -0.4 is 10.1 Å². The number of nitrogens with one attached hydrogen (secondary N) is 1. The molecule has 2 rings (SSSR count). The summed E-state index contributed by atoms with van der Waals surface area (Å²) in [6.07, 6.45) is -4.51. The molecule has 23 heavy (non-hydrogen) atoms. The molecule has 0 aromatic heterocycles. The summed E-state index contributed by atoms with van der Waals surface area (Å²) in [6.45, 7) is -0.295. The van der Waals surface area contributed by atoms with Crippen molar-refractivity contribution in [2.45, 2.75) is 12.8 Å². The molecular formula is C16H14F3NO3. The van der Waals surface area contributed by atoms with Crippen molar-refractivity contribution < 1.29 is 27.8 Å². The van der Waals surface area contributed by atoms with Crippen LogP contribution in [0.4, 0.5) is 18.9 Å². The number of alkyl halides is 3. The van der Waals surface area contributed by atoms with Crippen molar-refractivity contribution in [1.29, 1.82) is 0 Å². The fourth-order valence-electron chi connectivity index (χ4n) is 2.02. The molecule has 0 aliphatic rings. The van der Waals surface area contributed by atoms with Gasteiger partial charge in [0.2, 0.25) is 0 Å². The summed E-state index contributed by atoms with van der Waals surface area (Å²) in [6, 6.07) is 8.72. The summed E-state index contributed by atoms with van der Waals surface area (Å²) in [7, 11) is 1.44. The predicted octanol–water partition coefficient (Wildman–Crippen LogP) is 3.46. The van der Waals surface area contributed by atoms with E-state index in [1.165, 1.54) is 31.4 Å². The first-order valence-electron chi connectivity index (χ1n) is 6.61. The maximum absolute atomic E-state index is 12.7. The highest BCUT2D eigenvalue weighted by atomic mass is 19.4. The molecular weight excluding hydrogens is 311 g/mol. The predicted molar refractivity (Wildman–Crippen MR) is 78.3 cm³/mol. The summed E-state index contributed by atoms with van der Waals surface area (Å²) in [5, 5.41) is 11.7. The monoisotopic (exact) mass is 325 g/mol.